The fourth-order valence-corrected chi connectivity index (χ4v) is 2.20. The molecule has 0 saturated heterocycles. The van der Waals surface area contributed by atoms with Gasteiger partial charge in [0.2, 0.25) is 0 Å². The standard InChI is InChI=1S/C10H19N3O2S/c1-4-7-13-9(5-6-12-13)10(11)8(2)16(3,14)15/h5-6,8,10H,4,7,11H2,1-3H3. The van der Waals surface area contributed by atoms with Crippen LogP contribution in [0.3, 0.4) is 0 Å². The minimum Gasteiger partial charge on any atom is -0.322 e. The first-order valence-electron chi connectivity index (χ1n) is 5.34. The van der Waals surface area contributed by atoms with Crippen LogP contribution in [0, 0.1) is 0 Å². The van der Waals surface area contributed by atoms with E-state index in [1.54, 1.807) is 23.9 Å². The molecule has 5 nitrogen and oxygen atoms in total. The Hall–Kier alpha value is -0.880. The van der Waals surface area contributed by atoms with Crippen molar-refractivity contribution in [3.63, 3.8) is 0 Å². The number of aromatic nitrogens is 2. The molecule has 0 aliphatic rings. The van der Waals surface area contributed by atoms with Crippen LogP contribution in [0.25, 0.3) is 0 Å². The van der Waals surface area contributed by atoms with Crippen molar-refractivity contribution in [3.8, 4) is 0 Å². The Bertz CT molecular complexity index is 439. The third-order valence-corrected chi connectivity index (χ3v) is 4.35. The summed E-state index contributed by atoms with van der Waals surface area (Å²) in [5.41, 5.74) is 6.74. The highest BCUT2D eigenvalue weighted by Gasteiger charge is 2.26. The van der Waals surface area contributed by atoms with Crippen LogP contribution in [-0.4, -0.2) is 29.7 Å². The number of hydrogen-bond acceptors (Lipinski definition) is 4. The van der Waals surface area contributed by atoms with Gasteiger partial charge in [-0.05, 0) is 19.4 Å². The molecule has 0 saturated carbocycles. The average Bonchev–Trinajstić information content (AvgIpc) is 2.63. The molecule has 0 bridgehead atoms. The van der Waals surface area contributed by atoms with Crippen LogP contribution in [0.2, 0.25) is 0 Å². The van der Waals surface area contributed by atoms with Gasteiger partial charge in [0.1, 0.15) is 0 Å². The summed E-state index contributed by atoms with van der Waals surface area (Å²) >= 11 is 0. The van der Waals surface area contributed by atoms with Crippen molar-refractivity contribution in [2.75, 3.05) is 6.26 Å². The van der Waals surface area contributed by atoms with E-state index in [2.05, 4.69) is 5.10 Å². The molecule has 2 atom stereocenters. The van der Waals surface area contributed by atoms with E-state index in [1.807, 2.05) is 6.92 Å². The zero-order chi connectivity index (χ0) is 12.3. The van der Waals surface area contributed by atoms with Crippen molar-refractivity contribution >= 4 is 9.84 Å². The minimum absolute atomic E-state index is 0.524. The van der Waals surface area contributed by atoms with Crippen LogP contribution in [-0.2, 0) is 16.4 Å². The Balaban J connectivity index is 2.96. The molecule has 0 amide bonds. The van der Waals surface area contributed by atoms with Gasteiger partial charge < -0.3 is 5.73 Å². The molecule has 0 fully saturated rings. The van der Waals surface area contributed by atoms with E-state index >= 15 is 0 Å². The summed E-state index contributed by atoms with van der Waals surface area (Å²) in [5, 5.41) is 3.54. The second kappa shape index (κ2) is 4.97. The highest BCUT2D eigenvalue weighted by Crippen LogP contribution is 2.19. The molecule has 0 aliphatic carbocycles. The maximum Gasteiger partial charge on any atom is 0.151 e. The van der Waals surface area contributed by atoms with Gasteiger partial charge >= 0.3 is 0 Å². The molecule has 0 aromatic carbocycles. The van der Waals surface area contributed by atoms with Crippen molar-refractivity contribution in [2.45, 2.75) is 38.1 Å². The molecule has 1 heterocycles. The molecule has 1 aromatic heterocycles. The van der Waals surface area contributed by atoms with E-state index in [0.717, 1.165) is 18.7 Å². The molecule has 1 aromatic rings. The van der Waals surface area contributed by atoms with Gasteiger partial charge in [-0.15, -0.1) is 0 Å². The molecular formula is C10H19N3O2S. The van der Waals surface area contributed by atoms with Crippen LogP contribution < -0.4 is 5.73 Å². The van der Waals surface area contributed by atoms with E-state index in [0.29, 0.717) is 0 Å². The van der Waals surface area contributed by atoms with Crippen LogP contribution in [0.4, 0.5) is 0 Å². The van der Waals surface area contributed by atoms with Crippen LogP contribution in [0.1, 0.15) is 32.0 Å². The summed E-state index contributed by atoms with van der Waals surface area (Å²) in [6.45, 7) is 4.42. The van der Waals surface area contributed by atoms with Crippen molar-refractivity contribution < 1.29 is 8.42 Å². The Morgan fingerprint density at radius 2 is 2.19 bits per heavy atom. The first-order chi connectivity index (χ1) is 7.38. The first-order valence-corrected chi connectivity index (χ1v) is 7.29. The van der Waals surface area contributed by atoms with E-state index in [4.69, 9.17) is 5.73 Å². The average molecular weight is 245 g/mol. The van der Waals surface area contributed by atoms with Gasteiger partial charge in [0.15, 0.2) is 9.84 Å². The number of sulfone groups is 1. The van der Waals surface area contributed by atoms with Crippen molar-refractivity contribution in [1.29, 1.82) is 0 Å². The van der Waals surface area contributed by atoms with Gasteiger partial charge in [-0.3, -0.25) is 4.68 Å². The predicted octanol–water partition coefficient (Wildman–Crippen LogP) is 0.726. The minimum atomic E-state index is -3.13. The summed E-state index contributed by atoms with van der Waals surface area (Å²) in [4.78, 5) is 0. The van der Waals surface area contributed by atoms with Gasteiger partial charge in [0, 0.05) is 19.0 Å². The lowest BCUT2D eigenvalue weighted by Crippen LogP contribution is -2.32. The second-order valence-corrected chi connectivity index (χ2v) is 6.44. The number of nitrogens with zero attached hydrogens (tertiary/aromatic N) is 2. The van der Waals surface area contributed by atoms with Crippen LogP contribution in [0.5, 0.6) is 0 Å². The molecule has 2 unspecified atom stereocenters. The molecule has 92 valence electrons. The topological polar surface area (TPSA) is 78.0 Å². The molecule has 0 aliphatic heterocycles. The molecular weight excluding hydrogens is 226 g/mol. The maximum absolute atomic E-state index is 11.4. The van der Waals surface area contributed by atoms with E-state index in [9.17, 15) is 8.42 Å². The zero-order valence-corrected chi connectivity index (χ0v) is 10.7. The van der Waals surface area contributed by atoms with Crippen molar-refractivity contribution in [3.05, 3.63) is 18.0 Å². The Kier molecular flexibility index (Phi) is 4.09. The van der Waals surface area contributed by atoms with Gasteiger partial charge in [0.05, 0.1) is 17.0 Å². The SMILES string of the molecule is CCCn1nccc1C(N)C(C)S(C)(=O)=O. The summed E-state index contributed by atoms with van der Waals surface area (Å²) in [7, 11) is -3.13. The number of aryl methyl sites for hydroxylation is 1. The van der Waals surface area contributed by atoms with Gasteiger partial charge in [-0.1, -0.05) is 6.92 Å². The zero-order valence-electron chi connectivity index (χ0n) is 9.92. The van der Waals surface area contributed by atoms with E-state index < -0.39 is 21.1 Å². The second-order valence-electron chi connectivity index (χ2n) is 4.04. The smallest absolute Gasteiger partial charge is 0.151 e. The fourth-order valence-electron chi connectivity index (χ4n) is 1.53. The lowest BCUT2D eigenvalue weighted by molar-refractivity contribution is 0.520. The number of hydrogen-bond donors (Lipinski definition) is 1. The van der Waals surface area contributed by atoms with Gasteiger partial charge in [0.25, 0.3) is 0 Å². The molecule has 0 radical (unpaired) electrons. The molecule has 6 heteroatoms. The van der Waals surface area contributed by atoms with Gasteiger partial charge in [-0.2, -0.15) is 5.10 Å². The lowest BCUT2D eigenvalue weighted by atomic mass is 10.1. The maximum atomic E-state index is 11.4. The third-order valence-electron chi connectivity index (χ3n) is 2.71. The molecule has 1 rings (SSSR count). The van der Waals surface area contributed by atoms with E-state index in [1.165, 1.54) is 6.26 Å². The third kappa shape index (κ3) is 2.82. The van der Waals surface area contributed by atoms with Gasteiger partial charge in [-0.25, -0.2) is 8.42 Å². The monoisotopic (exact) mass is 245 g/mol. The largest absolute Gasteiger partial charge is 0.322 e. The van der Waals surface area contributed by atoms with Crippen molar-refractivity contribution in [1.82, 2.24) is 9.78 Å². The normalized spacial score (nSPS) is 16.0. The van der Waals surface area contributed by atoms with Crippen LogP contribution in [0.15, 0.2) is 12.3 Å². The highest BCUT2D eigenvalue weighted by molar-refractivity contribution is 7.91. The first kappa shape index (κ1) is 13.2. The molecule has 16 heavy (non-hydrogen) atoms. The molecule has 2 N–H and O–H groups in total. The lowest BCUT2D eigenvalue weighted by Gasteiger charge is -2.19. The van der Waals surface area contributed by atoms with Crippen LogP contribution >= 0.6 is 0 Å². The van der Waals surface area contributed by atoms with E-state index in [-0.39, 0.29) is 0 Å². The summed E-state index contributed by atoms with van der Waals surface area (Å²) in [5.74, 6) is 0. The Labute approximate surface area is 96.6 Å². The summed E-state index contributed by atoms with van der Waals surface area (Å²) < 4.78 is 24.6. The highest BCUT2D eigenvalue weighted by atomic mass is 32.2. The van der Waals surface area contributed by atoms with Crippen molar-refractivity contribution in [2.24, 2.45) is 5.73 Å². The Morgan fingerprint density at radius 3 is 2.69 bits per heavy atom. The Morgan fingerprint density at radius 1 is 1.56 bits per heavy atom. The summed E-state index contributed by atoms with van der Waals surface area (Å²) in [6.07, 6.45) is 3.80. The predicted molar refractivity (Wildman–Crippen MR) is 63.8 cm³/mol. The fraction of sp³-hybridized carbons (Fsp3) is 0.700. The number of rotatable bonds is 5. The molecule has 0 spiro atoms. The quantitative estimate of drug-likeness (QED) is 0.829. The summed E-state index contributed by atoms with van der Waals surface area (Å²) in [6, 6.07) is 1.26. The number of nitrogens with two attached hydrogens (primary N) is 1.